The smallest absolute Gasteiger partial charge is 0.233 e. The van der Waals surface area contributed by atoms with E-state index in [1.54, 1.807) is 18.2 Å². The Bertz CT molecular complexity index is 542. The molecule has 1 aromatic carbocycles. The highest BCUT2D eigenvalue weighted by Crippen LogP contribution is 2.28. The minimum absolute atomic E-state index is 0.173. The molecule has 0 saturated carbocycles. The van der Waals surface area contributed by atoms with Crippen LogP contribution in [0.2, 0.25) is 0 Å². The number of benzene rings is 1. The maximum absolute atomic E-state index is 12.1. The third kappa shape index (κ3) is 3.01. The molecule has 0 radical (unpaired) electrons. The average molecular weight is 341 g/mol. The second kappa shape index (κ2) is 5.79. The van der Waals surface area contributed by atoms with E-state index >= 15 is 0 Å². The number of amides is 2. The maximum atomic E-state index is 12.1. The largest absolute Gasteiger partial charge is 0.389 e. The second-order valence-electron chi connectivity index (χ2n) is 4.36. The molecular formula is C13H13BrN2O2S. The van der Waals surface area contributed by atoms with Gasteiger partial charge in [-0.15, -0.1) is 0 Å². The molecule has 1 aliphatic heterocycles. The zero-order chi connectivity index (χ0) is 14.0. The van der Waals surface area contributed by atoms with Crippen molar-refractivity contribution < 1.29 is 9.59 Å². The van der Waals surface area contributed by atoms with Gasteiger partial charge < -0.3 is 5.73 Å². The van der Waals surface area contributed by atoms with Gasteiger partial charge in [0.05, 0.1) is 5.69 Å². The van der Waals surface area contributed by atoms with E-state index in [9.17, 15) is 9.59 Å². The molecule has 19 heavy (non-hydrogen) atoms. The van der Waals surface area contributed by atoms with E-state index in [2.05, 4.69) is 15.9 Å². The van der Waals surface area contributed by atoms with E-state index in [1.807, 2.05) is 0 Å². The molecule has 2 N–H and O–H groups in total. The molecule has 0 spiro atoms. The molecular weight excluding hydrogens is 328 g/mol. The summed E-state index contributed by atoms with van der Waals surface area (Å²) in [6.07, 6.45) is 2.21. The molecule has 2 amide bonds. The van der Waals surface area contributed by atoms with E-state index in [1.165, 1.54) is 4.90 Å². The van der Waals surface area contributed by atoms with E-state index in [-0.39, 0.29) is 16.8 Å². The van der Waals surface area contributed by atoms with Crippen molar-refractivity contribution in [3.05, 3.63) is 28.2 Å². The van der Waals surface area contributed by atoms with Gasteiger partial charge >= 0.3 is 0 Å². The predicted molar refractivity (Wildman–Crippen MR) is 81.0 cm³/mol. The Morgan fingerprint density at radius 3 is 2.32 bits per heavy atom. The van der Waals surface area contributed by atoms with Crippen LogP contribution in [0.1, 0.15) is 31.2 Å². The van der Waals surface area contributed by atoms with Gasteiger partial charge in [-0.1, -0.05) is 28.1 Å². The first-order chi connectivity index (χ1) is 9.00. The first kappa shape index (κ1) is 14.1. The fraction of sp³-hybridized carbons (Fsp3) is 0.308. The number of thiocarbonyl (C=S) groups is 1. The number of carbonyl (C=O) groups is 2. The zero-order valence-electron chi connectivity index (χ0n) is 10.2. The lowest BCUT2D eigenvalue weighted by molar-refractivity contribution is -0.125. The van der Waals surface area contributed by atoms with E-state index in [0.29, 0.717) is 24.1 Å². The molecule has 6 heteroatoms. The molecule has 0 aliphatic carbocycles. The zero-order valence-corrected chi connectivity index (χ0v) is 12.6. The van der Waals surface area contributed by atoms with E-state index in [4.69, 9.17) is 18.0 Å². The molecule has 1 heterocycles. The molecule has 0 bridgehead atoms. The van der Waals surface area contributed by atoms with Crippen LogP contribution in [-0.4, -0.2) is 16.8 Å². The number of nitrogens with zero attached hydrogens (tertiary/aromatic N) is 1. The third-order valence-corrected chi connectivity index (χ3v) is 3.71. The van der Waals surface area contributed by atoms with Crippen LogP contribution in [0.15, 0.2) is 22.7 Å². The Balaban J connectivity index is 2.54. The minimum Gasteiger partial charge on any atom is -0.389 e. The van der Waals surface area contributed by atoms with Gasteiger partial charge in [-0.05, 0) is 31.0 Å². The Morgan fingerprint density at radius 1 is 1.21 bits per heavy atom. The predicted octanol–water partition coefficient (Wildman–Crippen LogP) is 2.52. The van der Waals surface area contributed by atoms with Crippen molar-refractivity contribution in [1.82, 2.24) is 0 Å². The Labute approximate surface area is 125 Å². The van der Waals surface area contributed by atoms with Crippen LogP contribution >= 0.6 is 28.1 Å². The first-order valence-electron chi connectivity index (χ1n) is 5.96. The number of imide groups is 1. The van der Waals surface area contributed by atoms with E-state index < -0.39 is 0 Å². The van der Waals surface area contributed by atoms with Gasteiger partial charge in [0.2, 0.25) is 11.8 Å². The quantitative estimate of drug-likeness (QED) is 0.663. The van der Waals surface area contributed by atoms with Gasteiger partial charge in [0.15, 0.2) is 0 Å². The molecule has 4 nitrogen and oxygen atoms in total. The highest BCUT2D eigenvalue weighted by molar-refractivity contribution is 9.10. The molecule has 2 rings (SSSR count). The lowest BCUT2D eigenvalue weighted by Gasteiger charge is -2.21. The lowest BCUT2D eigenvalue weighted by Crippen LogP contribution is -2.36. The number of nitrogens with two attached hydrogens (primary N) is 1. The summed E-state index contributed by atoms with van der Waals surface area (Å²) < 4.78 is 0.771. The second-order valence-corrected chi connectivity index (χ2v) is 5.71. The summed E-state index contributed by atoms with van der Waals surface area (Å²) in [4.78, 5) is 25.6. The summed E-state index contributed by atoms with van der Waals surface area (Å²) in [6, 6.07) is 5.20. The van der Waals surface area contributed by atoms with Crippen molar-refractivity contribution in [3.8, 4) is 0 Å². The van der Waals surface area contributed by atoms with Crippen molar-refractivity contribution in [2.45, 2.75) is 25.7 Å². The number of carbonyl (C=O) groups excluding carboxylic acids is 2. The number of halogens is 1. The van der Waals surface area contributed by atoms with Gasteiger partial charge in [-0.3, -0.25) is 9.59 Å². The summed E-state index contributed by atoms with van der Waals surface area (Å²) in [6.45, 7) is 0. The lowest BCUT2D eigenvalue weighted by atomic mass is 10.1. The van der Waals surface area contributed by atoms with Gasteiger partial charge in [-0.2, -0.15) is 0 Å². The fourth-order valence-corrected chi connectivity index (χ4v) is 2.60. The first-order valence-corrected chi connectivity index (χ1v) is 7.16. The van der Waals surface area contributed by atoms with Crippen molar-refractivity contribution >= 4 is 50.6 Å². The van der Waals surface area contributed by atoms with Crippen molar-refractivity contribution in [1.29, 1.82) is 0 Å². The third-order valence-electron chi connectivity index (χ3n) is 3.00. The van der Waals surface area contributed by atoms with Gasteiger partial charge in [0.1, 0.15) is 4.99 Å². The minimum atomic E-state index is -0.196. The number of rotatable bonds is 2. The average Bonchev–Trinajstić information content (AvgIpc) is 2.50. The molecule has 1 fully saturated rings. The summed E-state index contributed by atoms with van der Waals surface area (Å²) in [5.41, 5.74) is 6.68. The van der Waals surface area contributed by atoms with E-state index in [0.717, 1.165) is 17.3 Å². The van der Waals surface area contributed by atoms with Crippen molar-refractivity contribution in [2.24, 2.45) is 5.73 Å². The summed E-state index contributed by atoms with van der Waals surface area (Å²) in [5.74, 6) is -0.392. The van der Waals surface area contributed by atoms with Crippen LogP contribution < -0.4 is 10.6 Å². The Kier molecular flexibility index (Phi) is 4.31. The fourth-order valence-electron chi connectivity index (χ4n) is 2.08. The number of hydrogen-bond donors (Lipinski definition) is 1. The van der Waals surface area contributed by atoms with Gasteiger partial charge in [0.25, 0.3) is 0 Å². The monoisotopic (exact) mass is 340 g/mol. The summed E-state index contributed by atoms with van der Waals surface area (Å²) in [5, 5.41) is 0. The normalized spacial score (nSPS) is 16.4. The van der Waals surface area contributed by atoms with Crippen molar-refractivity contribution in [3.63, 3.8) is 0 Å². The molecule has 100 valence electrons. The highest BCUT2D eigenvalue weighted by atomic mass is 79.9. The number of anilines is 1. The van der Waals surface area contributed by atoms with Gasteiger partial charge in [0, 0.05) is 22.9 Å². The van der Waals surface area contributed by atoms with Crippen LogP contribution in [0, 0.1) is 0 Å². The van der Waals surface area contributed by atoms with Crippen LogP contribution in [0.3, 0.4) is 0 Å². The number of hydrogen-bond acceptors (Lipinski definition) is 3. The molecule has 0 aromatic heterocycles. The summed E-state index contributed by atoms with van der Waals surface area (Å²) >= 11 is 8.32. The molecule has 0 unspecified atom stereocenters. The standard InChI is InChI=1S/C13H13BrN2O2S/c14-8-5-6-9(13(15)19)10(7-8)16-11(17)3-1-2-4-12(16)18/h5-7H,1-4H2,(H2,15,19). The Hall–Kier alpha value is -1.27. The molecule has 1 aliphatic rings. The topological polar surface area (TPSA) is 63.4 Å². The maximum Gasteiger partial charge on any atom is 0.233 e. The van der Waals surface area contributed by atoms with Crippen LogP contribution in [0.5, 0.6) is 0 Å². The Morgan fingerprint density at radius 2 is 1.79 bits per heavy atom. The van der Waals surface area contributed by atoms with Crippen LogP contribution in [0.4, 0.5) is 5.69 Å². The summed E-state index contributed by atoms with van der Waals surface area (Å²) in [7, 11) is 0. The van der Waals surface area contributed by atoms with Crippen LogP contribution in [0.25, 0.3) is 0 Å². The SMILES string of the molecule is NC(=S)c1ccc(Br)cc1N1C(=O)CCCCC1=O. The van der Waals surface area contributed by atoms with Crippen molar-refractivity contribution in [2.75, 3.05) is 4.90 Å². The van der Waals surface area contributed by atoms with Crippen LogP contribution in [-0.2, 0) is 9.59 Å². The molecule has 0 atom stereocenters. The molecule has 1 saturated heterocycles. The van der Waals surface area contributed by atoms with Gasteiger partial charge in [-0.25, -0.2) is 4.90 Å². The highest BCUT2D eigenvalue weighted by Gasteiger charge is 2.28. The molecule has 1 aromatic rings.